The Hall–Kier alpha value is -3.17. The monoisotopic (exact) mass is 362 g/mol. The van der Waals surface area contributed by atoms with Gasteiger partial charge in [-0.1, -0.05) is 12.1 Å². The summed E-state index contributed by atoms with van der Waals surface area (Å²) in [5, 5.41) is 25.7. The van der Waals surface area contributed by atoms with Gasteiger partial charge in [-0.3, -0.25) is 14.4 Å². The van der Waals surface area contributed by atoms with Crippen LogP contribution in [0.15, 0.2) is 29.5 Å². The molecule has 0 radical (unpaired) electrons. The molecule has 0 spiro atoms. The third-order valence-corrected chi connectivity index (χ3v) is 4.52. The fourth-order valence-electron chi connectivity index (χ4n) is 3.03. The summed E-state index contributed by atoms with van der Waals surface area (Å²) >= 11 is 0. The van der Waals surface area contributed by atoms with Crippen LogP contribution < -0.4 is 0 Å². The molecule has 1 aromatic carbocycles. The minimum atomic E-state index is -1.06. The number of nitrogens with zero attached hydrogens (tertiary/aromatic N) is 4. The van der Waals surface area contributed by atoms with Crippen LogP contribution in [0.25, 0.3) is 0 Å². The molecule has 1 N–H and O–H groups in total. The number of piperidine rings is 1. The number of hydrazine groups is 1. The van der Waals surface area contributed by atoms with Gasteiger partial charge in [0.05, 0.1) is 35.1 Å². The molecule has 2 amide bonds. The van der Waals surface area contributed by atoms with Crippen molar-refractivity contribution in [2.45, 2.75) is 26.0 Å². The topological polar surface area (TPSA) is 126 Å². The van der Waals surface area contributed by atoms with Crippen molar-refractivity contribution in [3.8, 4) is 0 Å². The highest BCUT2D eigenvalue weighted by Crippen LogP contribution is 2.25. The molecule has 138 valence electrons. The average molecular weight is 362 g/mol. The van der Waals surface area contributed by atoms with E-state index in [0.717, 1.165) is 4.90 Å². The number of carboxylic acid groups (broad SMARTS) is 1. The third kappa shape index (κ3) is 3.17. The van der Waals surface area contributed by atoms with Gasteiger partial charge in [-0.2, -0.15) is 0 Å². The molecule has 1 saturated heterocycles. The summed E-state index contributed by atoms with van der Waals surface area (Å²) in [6, 6.07) is 6.41. The van der Waals surface area contributed by atoms with E-state index >= 15 is 0 Å². The molecule has 0 aliphatic carbocycles. The van der Waals surface area contributed by atoms with Crippen LogP contribution in [0, 0.1) is 11.1 Å². The Balaban J connectivity index is 1.61. The van der Waals surface area contributed by atoms with Crippen LogP contribution in [-0.4, -0.2) is 57.1 Å². The fraction of sp³-hybridized carbons (Fsp3) is 0.438. The lowest BCUT2D eigenvalue weighted by molar-refractivity contribution is -0.714. The minimum absolute atomic E-state index is 0.229. The number of fused-ring (bicyclic) bond motifs is 1. The number of benzene rings is 1. The summed E-state index contributed by atoms with van der Waals surface area (Å²) in [5.74, 6) is -2.37. The molecular formula is C16H18N4O6. The van der Waals surface area contributed by atoms with Crippen LogP contribution in [0.5, 0.6) is 0 Å². The molecule has 1 aromatic rings. The van der Waals surface area contributed by atoms with Crippen molar-refractivity contribution >= 4 is 17.8 Å². The zero-order chi connectivity index (χ0) is 18.8. The molecule has 10 nitrogen and oxygen atoms in total. The first kappa shape index (κ1) is 17.6. The van der Waals surface area contributed by atoms with Gasteiger partial charge in [-0.25, -0.2) is 4.90 Å². The quantitative estimate of drug-likeness (QED) is 0.361. The molecule has 1 fully saturated rings. The predicted molar refractivity (Wildman–Crippen MR) is 85.5 cm³/mol. The second kappa shape index (κ2) is 6.98. The summed E-state index contributed by atoms with van der Waals surface area (Å²) in [4.78, 5) is 41.7. The van der Waals surface area contributed by atoms with Crippen LogP contribution in [-0.2, 0) is 9.63 Å². The maximum absolute atomic E-state index is 12.3. The number of imide groups is 1. The van der Waals surface area contributed by atoms with Crippen molar-refractivity contribution in [2.24, 2.45) is 11.2 Å². The Labute approximate surface area is 148 Å². The van der Waals surface area contributed by atoms with Crippen molar-refractivity contribution in [1.82, 2.24) is 9.91 Å². The molecule has 2 aliphatic heterocycles. The van der Waals surface area contributed by atoms with Crippen LogP contribution in [0.1, 0.15) is 40.5 Å². The first-order chi connectivity index (χ1) is 12.4. The number of carbonyl (C=O) groups is 3. The molecule has 10 heteroatoms. The molecule has 0 saturated carbocycles. The number of hydrogen-bond acceptors (Lipinski definition) is 6. The van der Waals surface area contributed by atoms with E-state index < -0.39 is 29.9 Å². The number of carbonyl (C=O) groups excluding carboxylic acids is 2. The minimum Gasteiger partial charge on any atom is -0.569 e. The van der Waals surface area contributed by atoms with E-state index in [1.54, 1.807) is 24.3 Å². The molecule has 0 aromatic heterocycles. The lowest BCUT2D eigenvalue weighted by Crippen LogP contribution is -2.42. The lowest BCUT2D eigenvalue weighted by Gasteiger charge is -2.26. The zero-order valence-corrected chi connectivity index (χ0v) is 14.1. The molecule has 2 heterocycles. The van der Waals surface area contributed by atoms with Gasteiger partial charge in [0.1, 0.15) is 0 Å². The van der Waals surface area contributed by atoms with E-state index in [9.17, 15) is 19.6 Å². The SMILES string of the molecule is CC(ON=[N+]([O-])N1CCC(C(=O)O)CC1)N1C(=O)c2ccccc2C1=O. The van der Waals surface area contributed by atoms with Gasteiger partial charge in [-0.15, -0.1) is 5.01 Å². The maximum Gasteiger partial charge on any atom is 0.306 e. The zero-order valence-electron chi connectivity index (χ0n) is 14.1. The second-order valence-corrected chi connectivity index (χ2v) is 6.13. The molecule has 1 unspecified atom stereocenters. The van der Waals surface area contributed by atoms with E-state index in [1.807, 2.05) is 0 Å². The molecule has 2 aliphatic rings. The van der Waals surface area contributed by atoms with E-state index in [-0.39, 0.29) is 29.2 Å². The van der Waals surface area contributed by atoms with Gasteiger partial charge in [0.15, 0.2) is 0 Å². The van der Waals surface area contributed by atoms with Gasteiger partial charge >= 0.3 is 5.97 Å². The van der Waals surface area contributed by atoms with Crippen LogP contribution in [0.3, 0.4) is 0 Å². The van der Waals surface area contributed by atoms with Gasteiger partial charge in [0.2, 0.25) is 11.5 Å². The third-order valence-electron chi connectivity index (χ3n) is 4.52. The number of rotatable bonds is 5. The fourth-order valence-corrected chi connectivity index (χ4v) is 3.03. The maximum atomic E-state index is 12.3. The predicted octanol–water partition coefficient (Wildman–Crippen LogP) is 1.23. The van der Waals surface area contributed by atoms with Gasteiger partial charge in [0, 0.05) is 0 Å². The molecule has 0 bridgehead atoms. The molecule has 1 atom stereocenters. The highest BCUT2D eigenvalue weighted by molar-refractivity contribution is 6.21. The van der Waals surface area contributed by atoms with Crippen molar-refractivity contribution in [1.29, 1.82) is 0 Å². The second-order valence-electron chi connectivity index (χ2n) is 6.13. The number of aliphatic carboxylic acids is 1. The first-order valence-electron chi connectivity index (χ1n) is 8.18. The summed E-state index contributed by atoms with van der Waals surface area (Å²) < 4.78 is 0. The normalized spacial score (nSPS) is 19.5. The number of carboxylic acids is 1. The summed E-state index contributed by atoms with van der Waals surface area (Å²) in [6.07, 6.45) is -0.398. The Morgan fingerprint density at radius 1 is 1.27 bits per heavy atom. The van der Waals surface area contributed by atoms with Crippen molar-refractivity contribution in [3.05, 3.63) is 40.6 Å². The summed E-state index contributed by atoms with van der Waals surface area (Å²) in [7, 11) is 0. The van der Waals surface area contributed by atoms with E-state index in [1.165, 1.54) is 11.9 Å². The standard InChI is InChI=1S/C16H18N4O6/c1-10(19-14(21)12-4-2-3-5-13(12)15(19)22)26-17-20(25)18-8-6-11(7-9-18)16(23)24/h2-5,10-11H,6-9H2,1H3,(H,23,24). The summed E-state index contributed by atoms with van der Waals surface area (Å²) in [5.41, 5.74) is 0.561. The molecule has 26 heavy (non-hydrogen) atoms. The average Bonchev–Trinajstić information content (AvgIpc) is 2.90. The molecule has 3 rings (SSSR count). The largest absolute Gasteiger partial charge is 0.569 e. The van der Waals surface area contributed by atoms with Crippen LogP contribution in [0.4, 0.5) is 0 Å². The Bertz CT molecular complexity index is 737. The van der Waals surface area contributed by atoms with Gasteiger partial charge in [0.25, 0.3) is 11.8 Å². The van der Waals surface area contributed by atoms with Crippen LogP contribution >= 0.6 is 0 Å². The number of hydrogen-bond donors (Lipinski definition) is 1. The van der Waals surface area contributed by atoms with E-state index in [0.29, 0.717) is 12.8 Å². The Morgan fingerprint density at radius 2 is 1.81 bits per heavy atom. The van der Waals surface area contributed by atoms with Gasteiger partial charge in [-0.05, 0) is 31.9 Å². The van der Waals surface area contributed by atoms with E-state index in [2.05, 4.69) is 5.28 Å². The summed E-state index contributed by atoms with van der Waals surface area (Å²) in [6.45, 7) is 1.90. The van der Waals surface area contributed by atoms with Gasteiger partial charge < -0.3 is 15.2 Å². The van der Waals surface area contributed by atoms with Crippen LogP contribution in [0.2, 0.25) is 0 Å². The lowest BCUT2D eigenvalue weighted by atomic mass is 9.98. The Kier molecular flexibility index (Phi) is 4.74. The first-order valence-corrected chi connectivity index (χ1v) is 8.18. The highest BCUT2D eigenvalue weighted by Gasteiger charge is 2.39. The Morgan fingerprint density at radius 3 is 2.31 bits per heavy atom. The van der Waals surface area contributed by atoms with Crippen molar-refractivity contribution in [3.63, 3.8) is 0 Å². The van der Waals surface area contributed by atoms with Crippen molar-refractivity contribution < 1.29 is 29.3 Å². The highest BCUT2D eigenvalue weighted by atomic mass is 16.7. The van der Waals surface area contributed by atoms with Crippen molar-refractivity contribution in [2.75, 3.05) is 13.1 Å². The smallest absolute Gasteiger partial charge is 0.306 e. The van der Waals surface area contributed by atoms with E-state index in [4.69, 9.17) is 9.94 Å². The number of amides is 2. The molecular weight excluding hydrogens is 344 g/mol.